The van der Waals surface area contributed by atoms with Crippen LogP contribution in [0.3, 0.4) is 0 Å². The first kappa shape index (κ1) is 11.3. The van der Waals surface area contributed by atoms with E-state index < -0.39 is 0 Å². The molecule has 3 rings (SSSR count). The largest absolute Gasteiger partial charge is 0.487 e. The van der Waals surface area contributed by atoms with E-state index in [2.05, 4.69) is 35.5 Å². The molecule has 0 aromatic carbocycles. The van der Waals surface area contributed by atoms with Crippen molar-refractivity contribution in [3.05, 3.63) is 41.9 Å². The van der Waals surface area contributed by atoms with Gasteiger partial charge >= 0.3 is 0 Å². The van der Waals surface area contributed by atoms with E-state index in [1.165, 1.54) is 0 Å². The van der Waals surface area contributed by atoms with Crippen LogP contribution in [0.4, 0.5) is 0 Å². The molecule has 1 saturated heterocycles. The highest BCUT2D eigenvalue weighted by atomic mass is 16.6. The zero-order chi connectivity index (χ0) is 12.5. The summed E-state index contributed by atoms with van der Waals surface area (Å²) < 4.78 is 13.0. The molecule has 1 unspecified atom stereocenters. The number of ether oxygens (including phenoxy) is 2. The predicted octanol–water partition coefficient (Wildman–Crippen LogP) is 2.27. The molecular weight excluding hydrogens is 228 g/mol. The lowest BCUT2D eigenvalue weighted by atomic mass is 10.4. The van der Waals surface area contributed by atoms with Crippen LogP contribution in [0.15, 0.2) is 30.5 Å². The van der Waals surface area contributed by atoms with Gasteiger partial charge in [-0.15, -0.1) is 0 Å². The van der Waals surface area contributed by atoms with E-state index in [0.29, 0.717) is 6.61 Å². The van der Waals surface area contributed by atoms with Gasteiger partial charge in [0.25, 0.3) is 0 Å². The lowest BCUT2D eigenvalue weighted by Crippen LogP contribution is -2.09. The van der Waals surface area contributed by atoms with Crippen molar-refractivity contribution < 1.29 is 9.47 Å². The molecule has 1 fully saturated rings. The molecule has 4 heteroatoms. The first-order valence-electron chi connectivity index (χ1n) is 6.10. The van der Waals surface area contributed by atoms with E-state index in [-0.39, 0.29) is 6.10 Å². The molecule has 18 heavy (non-hydrogen) atoms. The highest BCUT2D eigenvalue weighted by molar-refractivity contribution is 5.43. The Morgan fingerprint density at radius 3 is 2.72 bits per heavy atom. The molecule has 0 radical (unpaired) electrons. The van der Waals surface area contributed by atoms with Crippen LogP contribution in [0.25, 0.3) is 5.82 Å². The number of aryl methyl sites for hydroxylation is 2. The Kier molecular flexibility index (Phi) is 2.80. The van der Waals surface area contributed by atoms with E-state index in [4.69, 9.17) is 9.47 Å². The van der Waals surface area contributed by atoms with Crippen LogP contribution in [0.2, 0.25) is 0 Å². The van der Waals surface area contributed by atoms with Gasteiger partial charge in [0.05, 0.1) is 6.61 Å². The van der Waals surface area contributed by atoms with Crippen LogP contribution in [0, 0.1) is 13.8 Å². The maximum absolute atomic E-state index is 5.79. The molecule has 0 aliphatic carbocycles. The first-order valence-corrected chi connectivity index (χ1v) is 6.10. The second-order valence-electron chi connectivity index (χ2n) is 4.54. The maximum Gasteiger partial charge on any atom is 0.179 e. The van der Waals surface area contributed by atoms with Gasteiger partial charge in [-0.25, -0.2) is 4.98 Å². The summed E-state index contributed by atoms with van der Waals surface area (Å²) in [5, 5.41) is 0. The number of pyridine rings is 1. The minimum Gasteiger partial charge on any atom is -0.487 e. The van der Waals surface area contributed by atoms with Gasteiger partial charge in [0.1, 0.15) is 12.7 Å². The second-order valence-corrected chi connectivity index (χ2v) is 4.54. The molecule has 0 saturated carbocycles. The lowest BCUT2D eigenvalue weighted by Gasteiger charge is -2.13. The van der Waals surface area contributed by atoms with Crippen LogP contribution >= 0.6 is 0 Å². The van der Waals surface area contributed by atoms with E-state index in [1.54, 1.807) is 6.20 Å². The van der Waals surface area contributed by atoms with Gasteiger partial charge < -0.3 is 14.0 Å². The summed E-state index contributed by atoms with van der Waals surface area (Å²) in [5.41, 5.74) is 2.30. The van der Waals surface area contributed by atoms with Crippen molar-refractivity contribution in [1.29, 1.82) is 0 Å². The third kappa shape index (κ3) is 2.11. The van der Waals surface area contributed by atoms with Gasteiger partial charge in [-0.3, -0.25) is 0 Å². The highest BCUT2D eigenvalue weighted by Crippen LogP contribution is 2.24. The van der Waals surface area contributed by atoms with Crippen molar-refractivity contribution in [3.63, 3.8) is 0 Å². The van der Waals surface area contributed by atoms with E-state index >= 15 is 0 Å². The molecule has 0 spiro atoms. The molecule has 4 nitrogen and oxygen atoms in total. The highest BCUT2D eigenvalue weighted by Gasteiger charge is 2.24. The van der Waals surface area contributed by atoms with Gasteiger partial charge in [-0.2, -0.15) is 0 Å². The topological polar surface area (TPSA) is 39.6 Å². The fraction of sp³-hybridized carbons (Fsp3) is 0.357. The fourth-order valence-electron chi connectivity index (χ4n) is 2.01. The molecule has 2 aromatic heterocycles. The lowest BCUT2D eigenvalue weighted by molar-refractivity contribution is 0.261. The number of hydrogen-bond acceptors (Lipinski definition) is 3. The third-order valence-electron chi connectivity index (χ3n) is 3.06. The van der Waals surface area contributed by atoms with Crippen LogP contribution in [0.1, 0.15) is 11.4 Å². The van der Waals surface area contributed by atoms with E-state index in [9.17, 15) is 0 Å². The van der Waals surface area contributed by atoms with Gasteiger partial charge in [-0.05, 0) is 38.1 Å². The molecule has 1 atom stereocenters. The Balaban J connectivity index is 1.94. The minimum atomic E-state index is 0.255. The van der Waals surface area contributed by atoms with Crippen LogP contribution < -0.4 is 4.74 Å². The van der Waals surface area contributed by atoms with Crippen molar-refractivity contribution in [3.8, 4) is 11.6 Å². The Bertz CT molecular complexity index is 539. The molecule has 0 N–H and O–H groups in total. The molecule has 3 heterocycles. The molecule has 0 bridgehead atoms. The second kappa shape index (κ2) is 4.46. The Morgan fingerprint density at radius 2 is 2.06 bits per heavy atom. The van der Waals surface area contributed by atoms with Crippen molar-refractivity contribution in [2.75, 3.05) is 13.2 Å². The zero-order valence-corrected chi connectivity index (χ0v) is 10.6. The standard InChI is InChI=1S/C14H16N2O2/c1-10-5-6-11(2)16(10)14-13(4-3-7-15-14)18-9-12-8-17-12/h3-7,12H,8-9H2,1-2H3. The van der Waals surface area contributed by atoms with Crippen LogP contribution in [0.5, 0.6) is 5.75 Å². The fourth-order valence-corrected chi connectivity index (χ4v) is 2.01. The summed E-state index contributed by atoms with van der Waals surface area (Å²) in [7, 11) is 0. The third-order valence-corrected chi connectivity index (χ3v) is 3.06. The SMILES string of the molecule is Cc1ccc(C)n1-c1ncccc1OCC1CO1. The Morgan fingerprint density at radius 1 is 1.33 bits per heavy atom. The summed E-state index contributed by atoms with van der Waals surface area (Å²) in [6.07, 6.45) is 2.04. The van der Waals surface area contributed by atoms with Crippen molar-refractivity contribution >= 4 is 0 Å². The Labute approximate surface area is 106 Å². The monoisotopic (exact) mass is 244 g/mol. The number of rotatable bonds is 4. The summed E-state index contributed by atoms with van der Waals surface area (Å²) in [6.45, 7) is 5.53. The van der Waals surface area contributed by atoms with E-state index in [1.807, 2.05) is 12.1 Å². The predicted molar refractivity (Wildman–Crippen MR) is 68.3 cm³/mol. The van der Waals surface area contributed by atoms with Gasteiger partial charge in [-0.1, -0.05) is 0 Å². The summed E-state index contributed by atoms with van der Waals surface area (Å²) in [5.74, 6) is 1.65. The molecule has 1 aliphatic rings. The van der Waals surface area contributed by atoms with E-state index in [0.717, 1.165) is 29.6 Å². The van der Waals surface area contributed by atoms with Gasteiger partial charge in [0, 0.05) is 17.6 Å². The smallest absolute Gasteiger partial charge is 0.179 e. The normalized spacial score (nSPS) is 17.8. The molecule has 2 aromatic rings. The molecule has 94 valence electrons. The van der Waals surface area contributed by atoms with Crippen molar-refractivity contribution in [1.82, 2.24) is 9.55 Å². The summed E-state index contributed by atoms with van der Waals surface area (Å²) in [6, 6.07) is 8.00. The van der Waals surface area contributed by atoms with Gasteiger partial charge in [0.15, 0.2) is 11.6 Å². The average Bonchev–Trinajstić information content (AvgIpc) is 3.14. The van der Waals surface area contributed by atoms with Gasteiger partial charge in [0.2, 0.25) is 0 Å². The molecular formula is C14H16N2O2. The Hall–Kier alpha value is -1.81. The number of epoxide rings is 1. The van der Waals surface area contributed by atoms with Crippen molar-refractivity contribution in [2.24, 2.45) is 0 Å². The molecule has 1 aliphatic heterocycles. The summed E-state index contributed by atoms with van der Waals surface area (Å²) >= 11 is 0. The maximum atomic E-state index is 5.79. The minimum absolute atomic E-state index is 0.255. The number of hydrogen-bond donors (Lipinski definition) is 0. The quantitative estimate of drug-likeness (QED) is 0.774. The van der Waals surface area contributed by atoms with Crippen LogP contribution in [-0.4, -0.2) is 28.9 Å². The first-order chi connectivity index (χ1) is 8.75. The number of nitrogens with zero attached hydrogens (tertiary/aromatic N) is 2. The number of aromatic nitrogens is 2. The van der Waals surface area contributed by atoms with Crippen LogP contribution in [-0.2, 0) is 4.74 Å². The zero-order valence-electron chi connectivity index (χ0n) is 10.6. The summed E-state index contributed by atoms with van der Waals surface area (Å²) in [4.78, 5) is 4.44. The molecule has 0 amide bonds. The van der Waals surface area contributed by atoms with Crippen molar-refractivity contribution in [2.45, 2.75) is 20.0 Å². The average molecular weight is 244 g/mol.